The van der Waals surface area contributed by atoms with Crippen molar-refractivity contribution in [3.05, 3.63) is 20.8 Å². The van der Waals surface area contributed by atoms with Gasteiger partial charge in [-0.15, -0.1) is 11.3 Å². The molecule has 0 aliphatic carbocycles. The highest BCUT2D eigenvalue weighted by molar-refractivity contribution is 9.10. The van der Waals surface area contributed by atoms with E-state index < -0.39 is 0 Å². The molecule has 1 amide bonds. The van der Waals surface area contributed by atoms with Crippen LogP contribution in [-0.4, -0.2) is 36.5 Å². The monoisotopic (exact) mass is 345 g/mol. The number of nitrogens with zero attached hydrogens (tertiary/aromatic N) is 1. The number of halogens is 1. The number of carbonyl (C=O) groups is 2. The molecule has 4 nitrogen and oxygen atoms in total. The van der Waals surface area contributed by atoms with Gasteiger partial charge in [-0.1, -0.05) is 0 Å². The molecule has 2 rings (SSSR count). The van der Waals surface area contributed by atoms with Gasteiger partial charge in [-0.3, -0.25) is 9.59 Å². The molecule has 0 aromatic carbocycles. The Balaban J connectivity index is 2.03. The summed E-state index contributed by atoms with van der Waals surface area (Å²) in [5.41, 5.74) is 0. The predicted molar refractivity (Wildman–Crippen MR) is 77.3 cm³/mol. The highest BCUT2D eigenvalue weighted by Gasteiger charge is 2.30. The minimum absolute atomic E-state index is 0.00382. The van der Waals surface area contributed by atoms with E-state index in [-0.39, 0.29) is 17.8 Å². The molecule has 19 heavy (non-hydrogen) atoms. The van der Waals surface area contributed by atoms with Crippen LogP contribution in [0.1, 0.15) is 29.4 Å². The standard InChI is InChI=1S/C13H16BrNO3S/c1-2-18-13(17)9-4-3-6-15(8-9)12(16)11-10(14)5-7-19-11/h5,7,9H,2-4,6,8H2,1H3/t9-/m1/s1. The quantitative estimate of drug-likeness (QED) is 0.791. The van der Waals surface area contributed by atoms with Crippen LogP contribution in [0, 0.1) is 5.92 Å². The first kappa shape index (κ1) is 14.5. The van der Waals surface area contributed by atoms with Gasteiger partial charge < -0.3 is 9.64 Å². The van der Waals surface area contributed by atoms with E-state index in [1.165, 1.54) is 11.3 Å². The number of esters is 1. The van der Waals surface area contributed by atoms with Crippen molar-refractivity contribution >= 4 is 39.1 Å². The van der Waals surface area contributed by atoms with Gasteiger partial charge in [0, 0.05) is 17.6 Å². The molecule has 1 fully saturated rings. The lowest BCUT2D eigenvalue weighted by atomic mass is 9.98. The zero-order valence-electron chi connectivity index (χ0n) is 10.7. The van der Waals surface area contributed by atoms with Gasteiger partial charge in [-0.05, 0) is 47.1 Å². The highest BCUT2D eigenvalue weighted by atomic mass is 79.9. The summed E-state index contributed by atoms with van der Waals surface area (Å²) in [5.74, 6) is -0.377. The van der Waals surface area contributed by atoms with Crippen molar-refractivity contribution in [1.82, 2.24) is 4.90 Å². The molecule has 0 saturated carbocycles. The van der Waals surface area contributed by atoms with E-state index in [0.29, 0.717) is 24.6 Å². The minimum atomic E-state index is -0.190. The molecule has 104 valence electrons. The van der Waals surface area contributed by atoms with Crippen molar-refractivity contribution in [3.63, 3.8) is 0 Å². The van der Waals surface area contributed by atoms with Crippen LogP contribution in [0.2, 0.25) is 0 Å². The Morgan fingerprint density at radius 2 is 2.37 bits per heavy atom. The summed E-state index contributed by atoms with van der Waals surface area (Å²) in [7, 11) is 0. The van der Waals surface area contributed by atoms with Crippen molar-refractivity contribution in [2.45, 2.75) is 19.8 Å². The highest BCUT2D eigenvalue weighted by Crippen LogP contribution is 2.26. The number of ether oxygens (including phenoxy) is 1. The summed E-state index contributed by atoms with van der Waals surface area (Å²) in [6, 6.07) is 1.87. The summed E-state index contributed by atoms with van der Waals surface area (Å²) in [4.78, 5) is 26.6. The van der Waals surface area contributed by atoms with Gasteiger partial charge in [-0.2, -0.15) is 0 Å². The van der Waals surface area contributed by atoms with E-state index in [4.69, 9.17) is 4.74 Å². The lowest BCUT2D eigenvalue weighted by Crippen LogP contribution is -2.42. The van der Waals surface area contributed by atoms with Crippen LogP contribution in [-0.2, 0) is 9.53 Å². The first-order chi connectivity index (χ1) is 9.13. The number of carbonyl (C=O) groups excluding carboxylic acids is 2. The van der Waals surface area contributed by atoms with Crippen molar-refractivity contribution < 1.29 is 14.3 Å². The van der Waals surface area contributed by atoms with Crippen LogP contribution in [0.3, 0.4) is 0 Å². The Hall–Kier alpha value is -0.880. The molecule has 0 spiro atoms. The summed E-state index contributed by atoms with van der Waals surface area (Å²) < 4.78 is 5.86. The van der Waals surface area contributed by atoms with E-state index >= 15 is 0 Å². The molecule has 6 heteroatoms. The fraction of sp³-hybridized carbons (Fsp3) is 0.538. The SMILES string of the molecule is CCOC(=O)[C@@H]1CCCN(C(=O)c2sccc2Br)C1. The summed E-state index contributed by atoms with van der Waals surface area (Å²) in [5, 5.41) is 1.88. The number of thiophene rings is 1. The third kappa shape index (κ3) is 3.36. The molecule has 1 aliphatic heterocycles. The van der Waals surface area contributed by atoms with Gasteiger partial charge in [0.25, 0.3) is 5.91 Å². The molecule has 0 unspecified atom stereocenters. The van der Waals surface area contributed by atoms with Crippen molar-refractivity contribution in [2.24, 2.45) is 5.92 Å². The zero-order chi connectivity index (χ0) is 13.8. The minimum Gasteiger partial charge on any atom is -0.466 e. The number of hydrogen-bond acceptors (Lipinski definition) is 4. The normalized spacial score (nSPS) is 19.3. The second kappa shape index (κ2) is 6.52. The van der Waals surface area contributed by atoms with Gasteiger partial charge in [0.15, 0.2) is 0 Å². The Morgan fingerprint density at radius 1 is 1.58 bits per heavy atom. The second-order valence-corrected chi connectivity index (χ2v) is 6.21. The van der Waals surface area contributed by atoms with E-state index in [2.05, 4.69) is 15.9 Å². The third-order valence-electron chi connectivity index (χ3n) is 3.14. The average molecular weight is 346 g/mol. The zero-order valence-corrected chi connectivity index (χ0v) is 13.1. The average Bonchev–Trinajstić information content (AvgIpc) is 2.84. The third-order valence-corrected chi connectivity index (χ3v) is 4.97. The Labute approximate surface area is 124 Å². The molecule has 1 saturated heterocycles. The lowest BCUT2D eigenvalue weighted by Gasteiger charge is -2.31. The van der Waals surface area contributed by atoms with E-state index in [1.807, 2.05) is 11.4 Å². The number of hydrogen-bond donors (Lipinski definition) is 0. The van der Waals surface area contributed by atoms with Crippen LogP contribution in [0.5, 0.6) is 0 Å². The Morgan fingerprint density at radius 3 is 3.00 bits per heavy atom. The Kier molecular flexibility index (Phi) is 4.99. The number of rotatable bonds is 3. The molecule has 0 radical (unpaired) electrons. The molecule has 1 aliphatic rings. The van der Waals surface area contributed by atoms with Gasteiger partial charge in [0.1, 0.15) is 4.88 Å². The number of amides is 1. The molecule has 1 aromatic heterocycles. The van der Waals surface area contributed by atoms with E-state index in [9.17, 15) is 9.59 Å². The molecular formula is C13H16BrNO3S. The maximum absolute atomic E-state index is 12.4. The molecule has 1 aromatic rings. The second-order valence-electron chi connectivity index (χ2n) is 4.44. The van der Waals surface area contributed by atoms with Crippen LogP contribution >= 0.6 is 27.3 Å². The number of likely N-dealkylation sites (tertiary alicyclic amines) is 1. The van der Waals surface area contributed by atoms with Gasteiger partial charge in [0.05, 0.1) is 12.5 Å². The molecular weight excluding hydrogens is 330 g/mol. The van der Waals surface area contributed by atoms with Crippen LogP contribution < -0.4 is 0 Å². The first-order valence-electron chi connectivity index (χ1n) is 6.32. The molecule has 0 bridgehead atoms. The Bertz CT molecular complexity index is 474. The fourth-order valence-corrected chi connectivity index (χ4v) is 3.71. The van der Waals surface area contributed by atoms with Gasteiger partial charge in [-0.25, -0.2) is 0 Å². The lowest BCUT2D eigenvalue weighted by molar-refractivity contribution is -0.149. The maximum Gasteiger partial charge on any atom is 0.310 e. The van der Waals surface area contributed by atoms with Crippen LogP contribution in [0.4, 0.5) is 0 Å². The maximum atomic E-state index is 12.4. The van der Waals surface area contributed by atoms with E-state index in [1.54, 1.807) is 11.8 Å². The summed E-state index contributed by atoms with van der Waals surface area (Å²) in [6.07, 6.45) is 1.65. The molecule has 0 N–H and O–H groups in total. The van der Waals surface area contributed by atoms with Crippen LogP contribution in [0.25, 0.3) is 0 Å². The molecule has 1 atom stereocenters. The van der Waals surface area contributed by atoms with Crippen molar-refractivity contribution in [2.75, 3.05) is 19.7 Å². The van der Waals surface area contributed by atoms with Gasteiger partial charge in [0.2, 0.25) is 0 Å². The van der Waals surface area contributed by atoms with Crippen LogP contribution in [0.15, 0.2) is 15.9 Å². The van der Waals surface area contributed by atoms with Gasteiger partial charge >= 0.3 is 5.97 Å². The number of piperidine rings is 1. The van der Waals surface area contributed by atoms with Crippen molar-refractivity contribution in [1.29, 1.82) is 0 Å². The predicted octanol–water partition coefficient (Wildman–Crippen LogP) is 2.93. The molecule has 2 heterocycles. The summed E-state index contributed by atoms with van der Waals surface area (Å²) in [6.45, 7) is 3.35. The van der Waals surface area contributed by atoms with Crippen molar-refractivity contribution in [3.8, 4) is 0 Å². The summed E-state index contributed by atoms with van der Waals surface area (Å²) >= 11 is 4.79. The smallest absolute Gasteiger partial charge is 0.310 e. The topological polar surface area (TPSA) is 46.6 Å². The fourth-order valence-electron chi connectivity index (χ4n) is 2.20. The first-order valence-corrected chi connectivity index (χ1v) is 7.99. The largest absolute Gasteiger partial charge is 0.466 e. The van der Waals surface area contributed by atoms with E-state index in [0.717, 1.165) is 17.3 Å².